The maximum Gasteiger partial charge on any atom is 0.227 e. The molecule has 1 saturated carbocycles. The number of carbonyl (C=O) groups excluding carboxylic acids is 1. The quantitative estimate of drug-likeness (QED) is 0.506. The molecule has 1 aliphatic carbocycles. The van der Waals surface area contributed by atoms with E-state index in [-0.39, 0.29) is 11.3 Å². The second-order valence-electron chi connectivity index (χ2n) is 4.34. The van der Waals surface area contributed by atoms with Crippen molar-refractivity contribution in [3.63, 3.8) is 0 Å². The first-order valence-corrected chi connectivity index (χ1v) is 5.96. The van der Waals surface area contributed by atoms with Crippen molar-refractivity contribution in [2.45, 2.75) is 32.1 Å². The third kappa shape index (κ3) is 3.23. The van der Waals surface area contributed by atoms with Gasteiger partial charge in [-0.3, -0.25) is 4.79 Å². The lowest BCUT2D eigenvalue weighted by Crippen LogP contribution is -2.44. The fourth-order valence-corrected chi connectivity index (χ4v) is 2.20. The molecule has 4 heteroatoms. The molecule has 0 unspecified atom stereocenters. The second-order valence-corrected chi connectivity index (χ2v) is 4.34. The monoisotopic (exact) mass is 226 g/mol. The first-order chi connectivity index (χ1) is 7.75. The molecule has 0 aliphatic heterocycles. The molecule has 1 aliphatic rings. The molecule has 16 heavy (non-hydrogen) atoms. The minimum Gasteiger partial charge on any atom is -0.502 e. The van der Waals surface area contributed by atoms with Crippen LogP contribution in [-0.4, -0.2) is 25.6 Å². The molecule has 0 aromatic carbocycles. The number of carbonyl (C=O) groups is 1. The van der Waals surface area contributed by atoms with E-state index < -0.39 is 0 Å². The summed E-state index contributed by atoms with van der Waals surface area (Å²) in [5, 5.41) is 2.94. The van der Waals surface area contributed by atoms with E-state index in [0.29, 0.717) is 19.7 Å². The van der Waals surface area contributed by atoms with Crippen LogP contribution in [0.2, 0.25) is 0 Å². The summed E-state index contributed by atoms with van der Waals surface area (Å²) in [5.74, 6) is 0.117. The van der Waals surface area contributed by atoms with Crippen molar-refractivity contribution >= 4 is 5.91 Å². The van der Waals surface area contributed by atoms with E-state index in [1.54, 1.807) is 0 Å². The minimum absolute atomic E-state index is 0.117. The van der Waals surface area contributed by atoms with Crippen molar-refractivity contribution in [3.8, 4) is 0 Å². The average molecular weight is 226 g/mol. The van der Waals surface area contributed by atoms with Gasteiger partial charge in [0.2, 0.25) is 5.91 Å². The van der Waals surface area contributed by atoms with Crippen LogP contribution in [0.4, 0.5) is 0 Å². The molecule has 0 aromatic heterocycles. The molecular weight excluding hydrogens is 204 g/mol. The first-order valence-electron chi connectivity index (χ1n) is 5.96. The molecule has 1 rings (SSSR count). The van der Waals surface area contributed by atoms with E-state index in [1.165, 1.54) is 6.26 Å². The van der Waals surface area contributed by atoms with Crippen molar-refractivity contribution in [1.29, 1.82) is 0 Å². The Morgan fingerprint density at radius 1 is 1.50 bits per heavy atom. The van der Waals surface area contributed by atoms with E-state index in [2.05, 4.69) is 11.9 Å². The van der Waals surface area contributed by atoms with E-state index in [4.69, 9.17) is 10.5 Å². The standard InChI is InChI=1S/C12H22N2O2/c1-2-16-9-5-8-14-11(15)12(10-13)6-3-4-7-12/h2H,1,3-10,13H2,(H,14,15). The molecule has 3 N–H and O–H groups in total. The van der Waals surface area contributed by atoms with E-state index in [9.17, 15) is 4.79 Å². The molecule has 0 atom stereocenters. The van der Waals surface area contributed by atoms with Gasteiger partial charge in [-0.2, -0.15) is 0 Å². The lowest BCUT2D eigenvalue weighted by atomic mass is 9.85. The molecule has 0 aromatic rings. The third-order valence-electron chi connectivity index (χ3n) is 3.28. The SMILES string of the molecule is C=COCCCNC(=O)C1(CN)CCCC1. The van der Waals surface area contributed by atoms with Gasteiger partial charge in [0.15, 0.2) is 0 Å². The van der Waals surface area contributed by atoms with Crippen molar-refractivity contribution in [3.05, 3.63) is 12.8 Å². The zero-order valence-electron chi connectivity index (χ0n) is 9.84. The summed E-state index contributed by atoms with van der Waals surface area (Å²) in [5.41, 5.74) is 5.43. The Labute approximate surface area is 97.2 Å². The lowest BCUT2D eigenvalue weighted by Gasteiger charge is -2.25. The van der Waals surface area contributed by atoms with Crippen LogP contribution >= 0.6 is 0 Å². The zero-order valence-corrected chi connectivity index (χ0v) is 9.84. The number of nitrogens with two attached hydrogens (primary N) is 1. The highest BCUT2D eigenvalue weighted by molar-refractivity contribution is 5.83. The maximum atomic E-state index is 12.0. The summed E-state index contributed by atoms with van der Waals surface area (Å²) in [6.07, 6.45) is 6.31. The van der Waals surface area contributed by atoms with Crippen molar-refractivity contribution in [2.75, 3.05) is 19.7 Å². The van der Waals surface area contributed by atoms with Gasteiger partial charge >= 0.3 is 0 Å². The highest BCUT2D eigenvalue weighted by Gasteiger charge is 2.39. The highest BCUT2D eigenvalue weighted by atomic mass is 16.5. The number of hydrogen-bond donors (Lipinski definition) is 2. The molecule has 4 nitrogen and oxygen atoms in total. The van der Waals surface area contributed by atoms with Gasteiger partial charge in [0.25, 0.3) is 0 Å². The molecule has 0 saturated heterocycles. The summed E-state index contributed by atoms with van der Waals surface area (Å²) < 4.78 is 4.98. The molecular formula is C12H22N2O2. The Hall–Kier alpha value is -1.03. The highest BCUT2D eigenvalue weighted by Crippen LogP contribution is 2.37. The van der Waals surface area contributed by atoms with Gasteiger partial charge in [0.1, 0.15) is 0 Å². The summed E-state index contributed by atoms with van der Waals surface area (Å²) in [7, 11) is 0. The molecule has 92 valence electrons. The number of amides is 1. The summed E-state index contributed by atoms with van der Waals surface area (Å²) in [6.45, 7) is 5.16. The van der Waals surface area contributed by atoms with Gasteiger partial charge < -0.3 is 15.8 Å². The number of ether oxygens (including phenoxy) is 1. The van der Waals surface area contributed by atoms with Crippen molar-refractivity contribution in [2.24, 2.45) is 11.1 Å². The van der Waals surface area contributed by atoms with Crippen LogP contribution in [0.3, 0.4) is 0 Å². The zero-order chi connectivity index (χ0) is 11.9. The Morgan fingerprint density at radius 3 is 2.75 bits per heavy atom. The Balaban J connectivity index is 2.25. The van der Waals surface area contributed by atoms with Crippen LogP contribution in [0.1, 0.15) is 32.1 Å². The normalized spacial score (nSPS) is 18.1. The van der Waals surface area contributed by atoms with Gasteiger partial charge in [-0.15, -0.1) is 0 Å². The van der Waals surface area contributed by atoms with Crippen molar-refractivity contribution < 1.29 is 9.53 Å². The van der Waals surface area contributed by atoms with Gasteiger partial charge in [-0.05, 0) is 19.3 Å². The number of nitrogens with one attached hydrogen (secondary N) is 1. The lowest BCUT2D eigenvalue weighted by molar-refractivity contribution is -0.130. The molecule has 1 fully saturated rings. The van der Waals surface area contributed by atoms with Crippen LogP contribution in [0.5, 0.6) is 0 Å². The molecule has 0 radical (unpaired) electrons. The Bertz CT molecular complexity index is 235. The minimum atomic E-state index is -0.292. The van der Waals surface area contributed by atoms with Crippen LogP contribution in [0.15, 0.2) is 12.8 Å². The number of rotatable bonds is 7. The van der Waals surface area contributed by atoms with Gasteiger partial charge in [0, 0.05) is 13.1 Å². The summed E-state index contributed by atoms with van der Waals surface area (Å²) >= 11 is 0. The van der Waals surface area contributed by atoms with Gasteiger partial charge in [-0.25, -0.2) is 0 Å². The van der Waals surface area contributed by atoms with Crippen LogP contribution in [0.25, 0.3) is 0 Å². The van der Waals surface area contributed by atoms with Gasteiger partial charge in [-0.1, -0.05) is 19.4 Å². The average Bonchev–Trinajstić information content (AvgIpc) is 2.78. The summed E-state index contributed by atoms with van der Waals surface area (Å²) in [4.78, 5) is 12.0. The predicted octanol–water partition coefficient (Wildman–Crippen LogP) is 1.17. The fourth-order valence-electron chi connectivity index (χ4n) is 2.20. The molecule has 0 bridgehead atoms. The van der Waals surface area contributed by atoms with Crippen molar-refractivity contribution in [1.82, 2.24) is 5.32 Å². The molecule has 0 spiro atoms. The topological polar surface area (TPSA) is 64.3 Å². The Morgan fingerprint density at radius 2 is 2.19 bits per heavy atom. The van der Waals surface area contributed by atoms with Crippen LogP contribution in [-0.2, 0) is 9.53 Å². The summed E-state index contributed by atoms with van der Waals surface area (Å²) in [6, 6.07) is 0. The predicted molar refractivity (Wildman–Crippen MR) is 63.7 cm³/mol. The van der Waals surface area contributed by atoms with E-state index in [0.717, 1.165) is 32.1 Å². The van der Waals surface area contributed by atoms with Crippen LogP contribution in [0, 0.1) is 5.41 Å². The van der Waals surface area contributed by atoms with Crippen LogP contribution < -0.4 is 11.1 Å². The fraction of sp³-hybridized carbons (Fsp3) is 0.750. The van der Waals surface area contributed by atoms with Gasteiger partial charge in [0.05, 0.1) is 18.3 Å². The Kier molecular flexibility index (Phi) is 5.32. The maximum absolute atomic E-state index is 12.0. The van der Waals surface area contributed by atoms with E-state index in [1.807, 2.05) is 0 Å². The molecule has 0 heterocycles. The smallest absolute Gasteiger partial charge is 0.227 e. The second kappa shape index (κ2) is 6.53. The first kappa shape index (κ1) is 13.0. The van der Waals surface area contributed by atoms with E-state index >= 15 is 0 Å². The number of hydrogen-bond acceptors (Lipinski definition) is 3. The third-order valence-corrected chi connectivity index (χ3v) is 3.28. The molecule has 1 amide bonds. The largest absolute Gasteiger partial charge is 0.502 e.